The Labute approximate surface area is 125 Å². The Balaban J connectivity index is 1.89. The Bertz CT molecular complexity index is 719. The number of thiophene rings is 1. The molecule has 0 aliphatic heterocycles. The summed E-state index contributed by atoms with van der Waals surface area (Å²) in [7, 11) is 0. The molecule has 3 heterocycles. The summed E-state index contributed by atoms with van der Waals surface area (Å²) < 4.78 is 17.2. The quantitative estimate of drug-likeness (QED) is 0.650. The molecule has 0 unspecified atom stereocenters. The number of pyridine rings is 1. The molecule has 0 amide bonds. The van der Waals surface area contributed by atoms with Gasteiger partial charge in [0.2, 0.25) is 12.1 Å². The van der Waals surface area contributed by atoms with Crippen molar-refractivity contribution in [1.82, 2.24) is 15.1 Å². The van der Waals surface area contributed by atoms with E-state index in [0.717, 1.165) is 15.8 Å². The van der Waals surface area contributed by atoms with Gasteiger partial charge in [-0.2, -0.15) is 4.98 Å². The molecule has 0 saturated carbocycles. The van der Waals surface area contributed by atoms with Gasteiger partial charge in [0, 0.05) is 25.0 Å². The molecule has 110 valence electrons. The second-order valence-electron chi connectivity index (χ2n) is 4.23. The third kappa shape index (κ3) is 2.94. The van der Waals surface area contributed by atoms with Crippen molar-refractivity contribution in [2.75, 3.05) is 13.2 Å². The molecular weight excluding hydrogens is 290 g/mol. The van der Waals surface area contributed by atoms with E-state index in [-0.39, 0.29) is 0 Å². The lowest BCUT2D eigenvalue weighted by Gasteiger charge is -2.11. The van der Waals surface area contributed by atoms with Gasteiger partial charge in [0.1, 0.15) is 0 Å². The molecular formula is C14H15N3O3S. The molecule has 3 aromatic rings. The van der Waals surface area contributed by atoms with Gasteiger partial charge in [-0.15, -0.1) is 11.3 Å². The lowest BCUT2D eigenvalue weighted by molar-refractivity contribution is -0.155. The van der Waals surface area contributed by atoms with Gasteiger partial charge in [0.15, 0.2) is 0 Å². The molecule has 0 fully saturated rings. The molecule has 3 aromatic heterocycles. The van der Waals surface area contributed by atoms with E-state index in [2.05, 4.69) is 15.1 Å². The van der Waals surface area contributed by atoms with Crippen LogP contribution in [0.3, 0.4) is 0 Å². The minimum Gasteiger partial charge on any atom is -0.345 e. The minimum absolute atomic E-state index is 0.319. The van der Waals surface area contributed by atoms with E-state index < -0.39 is 6.29 Å². The van der Waals surface area contributed by atoms with Gasteiger partial charge in [-0.25, -0.2) is 0 Å². The number of hydrogen-bond acceptors (Lipinski definition) is 7. The summed E-state index contributed by atoms with van der Waals surface area (Å²) in [5, 5.41) is 5.98. The monoisotopic (exact) mass is 305 g/mol. The molecule has 0 aromatic carbocycles. The number of aromatic nitrogens is 3. The van der Waals surface area contributed by atoms with E-state index in [0.29, 0.717) is 24.9 Å². The average Bonchev–Trinajstić information content (AvgIpc) is 3.15. The van der Waals surface area contributed by atoms with Crippen LogP contribution in [0.1, 0.15) is 26.0 Å². The molecule has 0 aliphatic carbocycles. The van der Waals surface area contributed by atoms with E-state index in [9.17, 15) is 0 Å². The summed E-state index contributed by atoms with van der Waals surface area (Å²) in [6, 6.07) is 3.98. The smallest absolute Gasteiger partial charge is 0.283 e. The number of fused-ring (bicyclic) bond motifs is 1. The molecule has 6 nitrogen and oxygen atoms in total. The van der Waals surface area contributed by atoms with E-state index in [1.165, 1.54) is 0 Å². The molecule has 0 aliphatic rings. The second kappa shape index (κ2) is 6.30. The minimum atomic E-state index is -0.625. The maximum atomic E-state index is 5.44. The number of hydrogen-bond donors (Lipinski definition) is 0. The fraction of sp³-hybridized carbons (Fsp3) is 0.357. The lowest BCUT2D eigenvalue weighted by atomic mass is 10.2. The van der Waals surface area contributed by atoms with Crippen molar-refractivity contribution in [1.29, 1.82) is 0 Å². The largest absolute Gasteiger partial charge is 0.345 e. The molecule has 21 heavy (non-hydrogen) atoms. The van der Waals surface area contributed by atoms with E-state index in [4.69, 9.17) is 14.0 Å². The van der Waals surface area contributed by atoms with Crippen LogP contribution in [0.4, 0.5) is 0 Å². The topological polar surface area (TPSA) is 70.3 Å². The standard InChI is InChI=1S/C14H15N3O3S/c1-3-18-14(19-4-2)13-16-12(17-20-13)9-7-11-10(15-8-9)5-6-21-11/h5-8,14H,3-4H2,1-2H3. The molecule has 0 bridgehead atoms. The SMILES string of the molecule is CCOC(OCC)c1nc(-c2cnc3ccsc3c2)no1. The predicted molar refractivity (Wildman–Crippen MR) is 78.9 cm³/mol. The molecule has 3 rings (SSSR count). The average molecular weight is 305 g/mol. The zero-order valence-corrected chi connectivity index (χ0v) is 12.6. The van der Waals surface area contributed by atoms with Crippen molar-refractivity contribution in [3.8, 4) is 11.4 Å². The summed E-state index contributed by atoms with van der Waals surface area (Å²) in [5.74, 6) is 0.803. The maximum Gasteiger partial charge on any atom is 0.283 e. The van der Waals surface area contributed by atoms with E-state index in [1.54, 1.807) is 17.5 Å². The lowest BCUT2D eigenvalue weighted by Crippen LogP contribution is -2.09. The van der Waals surface area contributed by atoms with Gasteiger partial charge in [0.05, 0.1) is 10.2 Å². The first-order valence-electron chi connectivity index (χ1n) is 6.72. The maximum absolute atomic E-state index is 5.44. The van der Waals surface area contributed by atoms with Gasteiger partial charge in [-0.1, -0.05) is 5.16 Å². The number of ether oxygens (including phenoxy) is 2. The van der Waals surface area contributed by atoms with Crippen molar-refractivity contribution in [3.05, 3.63) is 29.6 Å². The summed E-state index contributed by atoms with van der Waals surface area (Å²) in [5.41, 5.74) is 1.78. The highest BCUT2D eigenvalue weighted by Crippen LogP contribution is 2.26. The molecule has 0 saturated heterocycles. The molecule has 0 N–H and O–H groups in total. The van der Waals surface area contributed by atoms with E-state index >= 15 is 0 Å². The zero-order chi connectivity index (χ0) is 14.7. The van der Waals surface area contributed by atoms with Crippen LogP contribution in [0.15, 0.2) is 28.2 Å². The van der Waals surface area contributed by atoms with Gasteiger partial charge in [0.25, 0.3) is 5.89 Å². The van der Waals surface area contributed by atoms with Crippen LogP contribution in [0.2, 0.25) is 0 Å². The first kappa shape index (κ1) is 14.1. The van der Waals surface area contributed by atoms with Crippen LogP contribution < -0.4 is 0 Å². The third-order valence-electron chi connectivity index (χ3n) is 2.84. The first-order valence-corrected chi connectivity index (χ1v) is 7.60. The normalized spacial score (nSPS) is 11.6. The highest BCUT2D eigenvalue weighted by molar-refractivity contribution is 7.17. The molecule has 7 heteroatoms. The molecule has 0 atom stereocenters. The van der Waals surface area contributed by atoms with Crippen LogP contribution in [0.5, 0.6) is 0 Å². The van der Waals surface area contributed by atoms with Crippen molar-refractivity contribution >= 4 is 21.6 Å². The summed E-state index contributed by atoms with van der Waals surface area (Å²) in [6.45, 7) is 4.78. The summed E-state index contributed by atoms with van der Waals surface area (Å²) in [6.07, 6.45) is 1.11. The van der Waals surface area contributed by atoms with Crippen LogP contribution in [-0.2, 0) is 9.47 Å². The van der Waals surface area contributed by atoms with Crippen molar-refractivity contribution in [3.63, 3.8) is 0 Å². The summed E-state index contributed by atoms with van der Waals surface area (Å²) in [4.78, 5) is 8.72. The van der Waals surface area contributed by atoms with Crippen LogP contribution in [0.25, 0.3) is 21.6 Å². The first-order chi connectivity index (χ1) is 10.3. The van der Waals surface area contributed by atoms with Gasteiger partial charge < -0.3 is 14.0 Å². The molecule has 0 spiro atoms. The van der Waals surface area contributed by atoms with Crippen molar-refractivity contribution < 1.29 is 14.0 Å². The van der Waals surface area contributed by atoms with Gasteiger partial charge in [-0.3, -0.25) is 4.98 Å². The second-order valence-corrected chi connectivity index (χ2v) is 5.17. The zero-order valence-electron chi connectivity index (χ0n) is 11.8. The Kier molecular flexibility index (Phi) is 4.23. The number of nitrogens with zero attached hydrogens (tertiary/aromatic N) is 3. The fourth-order valence-electron chi connectivity index (χ4n) is 1.91. The van der Waals surface area contributed by atoms with Gasteiger partial charge >= 0.3 is 0 Å². The highest BCUT2D eigenvalue weighted by atomic mass is 32.1. The van der Waals surface area contributed by atoms with Gasteiger partial charge in [-0.05, 0) is 31.4 Å². The Morgan fingerprint density at radius 1 is 1.29 bits per heavy atom. The van der Waals surface area contributed by atoms with Crippen LogP contribution in [0, 0.1) is 0 Å². The van der Waals surface area contributed by atoms with E-state index in [1.807, 2.05) is 31.4 Å². The Morgan fingerprint density at radius 2 is 2.10 bits per heavy atom. The van der Waals surface area contributed by atoms with Crippen LogP contribution >= 0.6 is 11.3 Å². The third-order valence-corrected chi connectivity index (χ3v) is 3.69. The predicted octanol–water partition coefficient (Wildman–Crippen LogP) is 3.42. The molecule has 0 radical (unpaired) electrons. The highest BCUT2D eigenvalue weighted by Gasteiger charge is 2.20. The summed E-state index contributed by atoms with van der Waals surface area (Å²) >= 11 is 1.63. The van der Waals surface area contributed by atoms with Crippen LogP contribution in [-0.4, -0.2) is 28.3 Å². The Morgan fingerprint density at radius 3 is 2.86 bits per heavy atom. The van der Waals surface area contributed by atoms with Crippen molar-refractivity contribution in [2.45, 2.75) is 20.1 Å². The number of rotatable bonds is 6. The fourth-order valence-corrected chi connectivity index (χ4v) is 2.69. The van der Waals surface area contributed by atoms with Crippen molar-refractivity contribution in [2.24, 2.45) is 0 Å². The Hall–Kier alpha value is -1.83.